The van der Waals surface area contributed by atoms with Crippen molar-refractivity contribution >= 4 is 9.24 Å². The molecule has 0 aromatic rings. The minimum atomic E-state index is 0.530. The van der Waals surface area contributed by atoms with Crippen LogP contribution in [-0.2, 0) is 0 Å². The van der Waals surface area contributed by atoms with Crippen LogP contribution >= 0.6 is 9.24 Å². The molecule has 0 bridgehead atoms. The second kappa shape index (κ2) is 6.98. The summed E-state index contributed by atoms with van der Waals surface area (Å²) in [5.74, 6) is 1.30. The van der Waals surface area contributed by atoms with E-state index >= 15 is 0 Å². The lowest BCUT2D eigenvalue weighted by atomic mass is 9.84. The van der Waals surface area contributed by atoms with E-state index in [0.29, 0.717) is 5.92 Å². The highest BCUT2D eigenvalue weighted by Gasteiger charge is 2.18. The van der Waals surface area contributed by atoms with Crippen molar-refractivity contribution in [3.05, 3.63) is 36.2 Å². The minimum absolute atomic E-state index is 0.530. The van der Waals surface area contributed by atoms with Crippen molar-refractivity contribution in [1.29, 1.82) is 0 Å². The van der Waals surface area contributed by atoms with Crippen LogP contribution in [0.1, 0.15) is 19.8 Å². The van der Waals surface area contributed by atoms with Gasteiger partial charge >= 0.3 is 0 Å². The summed E-state index contributed by atoms with van der Waals surface area (Å²) in [5, 5.41) is 4.64. The SMILES string of the molecule is C=CC(/C=C\C(P)=C/C)C1CCNCC1. The molecule has 1 nitrogen and oxygen atoms in total. The number of piperidine rings is 1. The number of nitrogens with one attached hydrogen (secondary N) is 1. The molecule has 15 heavy (non-hydrogen) atoms. The molecule has 2 atom stereocenters. The average Bonchev–Trinajstić information content (AvgIpc) is 2.31. The first-order valence-corrected chi connectivity index (χ1v) is 6.29. The molecule has 2 heteroatoms. The fourth-order valence-corrected chi connectivity index (χ4v) is 2.09. The Labute approximate surface area is 95.9 Å². The summed E-state index contributed by atoms with van der Waals surface area (Å²) < 4.78 is 0. The van der Waals surface area contributed by atoms with Gasteiger partial charge in [-0.25, -0.2) is 0 Å². The third kappa shape index (κ3) is 4.32. The van der Waals surface area contributed by atoms with Crippen LogP contribution in [0.2, 0.25) is 0 Å². The number of allylic oxidation sites excluding steroid dienone is 5. The maximum absolute atomic E-state index is 3.94. The molecule has 1 saturated heterocycles. The van der Waals surface area contributed by atoms with E-state index < -0.39 is 0 Å². The van der Waals surface area contributed by atoms with E-state index in [-0.39, 0.29) is 0 Å². The molecule has 0 aliphatic carbocycles. The maximum Gasteiger partial charge on any atom is -0.00236 e. The Morgan fingerprint density at radius 2 is 2.13 bits per heavy atom. The highest BCUT2D eigenvalue weighted by atomic mass is 31.0. The van der Waals surface area contributed by atoms with Gasteiger partial charge in [0.05, 0.1) is 0 Å². The summed E-state index contributed by atoms with van der Waals surface area (Å²) in [7, 11) is 2.74. The predicted molar refractivity (Wildman–Crippen MR) is 71.9 cm³/mol. The first-order valence-electron chi connectivity index (χ1n) is 5.71. The summed E-state index contributed by atoms with van der Waals surface area (Å²) in [6.07, 6.45) is 11.2. The molecular formula is C13H22NP. The monoisotopic (exact) mass is 223 g/mol. The van der Waals surface area contributed by atoms with Crippen LogP contribution in [-0.4, -0.2) is 13.1 Å². The Morgan fingerprint density at radius 1 is 1.47 bits per heavy atom. The number of hydrogen-bond acceptors (Lipinski definition) is 1. The first kappa shape index (κ1) is 12.7. The molecule has 0 spiro atoms. The minimum Gasteiger partial charge on any atom is -0.317 e. The highest BCUT2D eigenvalue weighted by molar-refractivity contribution is 7.22. The van der Waals surface area contributed by atoms with Gasteiger partial charge in [-0.2, -0.15) is 0 Å². The molecule has 0 amide bonds. The second-order valence-electron chi connectivity index (χ2n) is 4.05. The Hall–Kier alpha value is -0.390. The van der Waals surface area contributed by atoms with Crippen molar-refractivity contribution in [1.82, 2.24) is 5.32 Å². The van der Waals surface area contributed by atoms with Crippen molar-refractivity contribution in [3.8, 4) is 0 Å². The van der Waals surface area contributed by atoms with Crippen LogP contribution in [0, 0.1) is 11.8 Å². The second-order valence-corrected chi connectivity index (χ2v) is 4.71. The van der Waals surface area contributed by atoms with Crippen LogP contribution in [0.3, 0.4) is 0 Å². The average molecular weight is 223 g/mol. The molecule has 84 valence electrons. The summed E-state index contributed by atoms with van der Waals surface area (Å²) in [6, 6.07) is 0. The van der Waals surface area contributed by atoms with Gasteiger partial charge in [-0.05, 0) is 50.0 Å². The van der Waals surface area contributed by atoms with Crippen molar-refractivity contribution in [3.63, 3.8) is 0 Å². The van der Waals surface area contributed by atoms with Gasteiger partial charge in [0.1, 0.15) is 0 Å². The summed E-state index contributed by atoms with van der Waals surface area (Å²) in [6.45, 7) is 8.30. The van der Waals surface area contributed by atoms with Crippen LogP contribution < -0.4 is 5.32 Å². The van der Waals surface area contributed by atoms with Gasteiger partial charge in [0.15, 0.2) is 0 Å². The molecule has 1 rings (SSSR count). The van der Waals surface area contributed by atoms with Gasteiger partial charge in [0.2, 0.25) is 0 Å². The normalized spacial score (nSPS) is 21.9. The molecule has 1 N–H and O–H groups in total. The molecule has 0 aromatic carbocycles. The third-order valence-corrected chi connectivity index (χ3v) is 3.57. The van der Waals surface area contributed by atoms with Gasteiger partial charge in [0.25, 0.3) is 0 Å². The van der Waals surface area contributed by atoms with Gasteiger partial charge in [-0.3, -0.25) is 0 Å². The molecule has 1 aliphatic heterocycles. The lowest BCUT2D eigenvalue weighted by Gasteiger charge is -2.26. The highest BCUT2D eigenvalue weighted by Crippen LogP contribution is 2.24. The largest absolute Gasteiger partial charge is 0.317 e. The van der Waals surface area contributed by atoms with Crippen molar-refractivity contribution in [2.24, 2.45) is 11.8 Å². The standard InChI is InChI=1S/C13H22NP/c1-3-11(5-6-13(15)4-2)12-7-9-14-10-8-12/h3-6,11-12,14H,1,7-10,15H2,2H3/b6-5-,13-4+. The molecule has 0 saturated carbocycles. The van der Waals surface area contributed by atoms with Crippen molar-refractivity contribution in [2.75, 3.05) is 13.1 Å². The predicted octanol–water partition coefficient (Wildman–Crippen LogP) is 3.12. The zero-order valence-corrected chi connectivity index (χ0v) is 10.7. The molecule has 0 aromatic heterocycles. The van der Waals surface area contributed by atoms with Gasteiger partial charge < -0.3 is 5.32 Å². The van der Waals surface area contributed by atoms with E-state index in [9.17, 15) is 0 Å². The number of hydrogen-bond donors (Lipinski definition) is 1. The molecular weight excluding hydrogens is 201 g/mol. The van der Waals surface area contributed by atoms with Crippen molar-refractivity contribution in [2.45, 2.75) is 19.8 Å². The molecule has 1 aliphatic rings. The van der Waals surface area contributed by atoms with E-state index in [0.717, 1.165) is 19.0 Å². The fraction of sp³-hybridized carbons (Fsp3) is 0.538. The lowest BCUT2D eigenvalue weighted by molar-refractivity contribution is 0.333. The summed E-state index contributed by atoms with van der Waals surface area (Å²) in [4.78, 5) is 0. The first-order chi connectivity index (χ1) is 7.27. The topological polar surface area (TPSA) is 12.0 Å². The number of rotatable bonds is 4. The van der Waals surface area contributed by atoms with E-state index in [2.05, 4.69) is 52.4 Å². The van der Waals surface area contributed by atoms with Crippen molar-refractivity contribution < 1.29 is 0 Å². The van der Waals surface area contributed by atoms with Gasteiger partial charge in [0, 0.05) is 0 Å². The zero-order chi connectivity index (χ0) is 11.1. The van der Waals surface area contributed by atoms with Crippen LogP contribution in [0.5, 0.6) is 0 Å². The Balaban J connectivity index is 2.54. The Kier molecular flexibility index (Phi) is 5.90. The van der Waals surface area contributed by atoms with Gasteiger partial charge in [-0.15, -0.1) is 15.8 Å². The Morgan fingerprint density at radius 3 is 2.67 bits per heavy atom. The smallest absolute Gasteiger partial charge is 0.00236 e. The molecule has 0 radical (unpaired) electrons. The summed E-state index contributed by atoms with van der Waals surface area (Å²) in [5.41, 5.74) is 0. The quantitative estimate of drug-likeness (QED) is 0.438. The van der Waals surface area contributed by atoms with E-state index in [1.165, 1.54) is 18.2 Å². The molecule has 1 heterocycles. The Bertz CT molecular complexity index is 249. The molecule has 1 fully saturated rings. The van der Waals surface area contributed by atoms with E-state index in [1.807, 2.05) is 0 Å². The fourth-order valence-electron chi connectivity index (χ4n) is 1.98. The zero-order valence-electron chi connectivity index (χ0n) is 9.58. The summed E-state index contributed by atoms with van der Waals surface area (Å²) >= 11 is 0. The van der Waals surface area contributed by atoms with Crippen LogP contribution in [0.15, 0.2) is 36.2 Å². The lowest BCUT2D eigenvalue weighted by Crippen LogP contribution is -2.30. The van der Waals surface area contributed by atoms with Gasteiger partial charge in [-0.1, -0.05) is 24.3 Å². The van der Waals surface area contributed by atoms with E-state index in [1.54, 1.807) is 0 Å². The third-order valence-electron chi connectivity index (χ3n) is 3.04. The maximum atomic E-state index is 3.94. The van der Waals surface area contributed by atoms with Crippen LogP contribution in [0.4, 0.5) is 0 Å². The van der Waals surface area contributed by atoms with E-state index in [4.69, 9.17) is 0 Å². The molecule has 2 unspecified atom stereocenters. The van der Waals surface area contributed by atoms with Crippen LogP contribution in [0.25, 0.3) is 0 Å².